The number of nitrogens with two attached hydrogens (primary N) is 1. The summed E-state index contributed by atoms with van der Waals surface area (Å²) in [5.74, 6) is 1.25. The number of halogens is 1. The minimum atomic E-state index is 0. The molecule has 0 aromatic heterocycles. The summed E-state index contributed by atoms with van der Waals surface area (Å²) < 4.78 is 5.58. The maximum Gasteiger partial charge on any atom is 0.222 e. The fourth-order valence-electron chi connectivity index (χ4n) is 1.77. The van der Waals surface area contributed by atoms with E-state index in [0.717, 1.165) is 17.9 Å². The molecule has 1 aromatic carbocycles. The van der Waals surface area contributed by atoms with E-state index >= 15 is 0 Å². The zero-order valence-corrected chi connectivity index (χ0v) is 17.2. The molecule has 1 amide bonds. The maximum atomic E-state index is 11.4. The van der Waals surface area contributed by atoms with Gasteiger partial charge in [0.1, 0.15) is 5.75 Å². The second-order valence-electron chi connectivity index (χ2n) is 5.88. The highest BCUT2D eigenvalue weighted by Gasteiger charge is 2.04. The van der Waals surface area contributed by atoms with Gasteiger partial charge in [0.15, 0.2) is 5.96 Å². The fraction of sp³-hybridized carbons (Fsp3) is 0.529. The van der Waals surface area contributed by atoms with Crippen molar-refractivity contribution in [3.05, 3.63) is 24.3 Å². The predicted molar refractivity (Wildman–Crippen MR) is 110 cm³/mol. The molecule has 0 fully saturated rings. The van der Waals surface area contributed by atoms with Crippen LogP contribution in [0, 0.1) is 5.92 Å². The van der Waals surface area contributed by atoms with Crippen molar-refractivity contribution in [2.45, 2.75) is 40.2 Å². The molecule has 0 aliphatic heterocycles. The number of nitrogens with zero attached hydrogens (tertiary/aromatic N) is 1. The van der Waals surface area contributed by atoms with Gasteiger partial charge in [0.2, 0.25) is 5.91 Å². The van der Waals surface area contributed by atoms with Crippen LogP contribution in [-0.4, -0.2) is 31.1 Å². The minimum absolute atomic E-state index is 0. The van der Waals surface area contributed by atoms with E-state index < -0.39 is 0 Å². The van der Waals surface area contributed by atoms with Gasteiger partial charge in [-0.3, -0.25) is 9.79 Å². The Morgan fingerprint density at radius 3 is 2.38 bits per heavy atom. The van der Waals surface area contributed by atoms with Crippen LogP contribution in [0.4, 0.5) is 5.69 Å². The van der Waals surface area contributed by atoms with Crippen LogP contribution >= 0.6 is 24.0 Å². The number of anilines is 1. The number of hydrogen-bond acceptors (Lipinski definition) is 3. The lowest BCUT2D eigenvalue weighted by Gasteiger charge is -2.11. The van der Waals surface area contributed by atoms with Crippen molar-refractivity contribution in [1.29, 1.82) is 0 Å². The second-order valence-corrected chi connectivity index (χ2v) is 5.88. The number of hydrogen-bond donors (Lipinski definition) is 3. The van der Waals surface area contributed by atoms with Crippen LogP contribution in [0.3, 0.4) is 0 Å². The summed E-state index contributed by atoms with van der Waals surface area (Å²) in [4.78, 5) is 15.6. The van der Waals surface area contributed by atoms with Gasteiger partial charge in [-0.25, -0.2) is 0 Å². The number of guanidine groups is 1. The van der Waals surface area contributed by atoms with Gasteiger partial charge >= 0.3 is 0 Å². The average molecular weight is 448 g/mol. The molecule has 0 unspecified atom stereocenters. The Bertz CT molecular complexity index is 516. The normalized spacial score (nSPS) is 11.2. The monoisotopic (exact) mass is 448 g/mol. The first-order valence-electron chi connectivity index (χ1n) is 8.00. The quantitative estimate of drug-likeness (QED) is 0.247. The average Bonchev–Trinajstić information content (AvgIpc) is 2.48. The largest absolute Gasteiger partial charge is 0.491 e. The number of amides is 1. The minimum Gasteiger partial charge on any atom is -0.491 e. The van der Waals surface area contributed by atoms with Gasteiger partial charge in [0.05, 0.1) is 6.10 Å². The zero-order valence-electron chi connectivity index (χ0n) is 14.8. The summed E-state index contributed by atoms with van der Waals surface area (Å²) in [6.07, 6.45) is 0.902. The van der Waals surface area contributed by atoms with Gasteiger partial charge in [-0.15, -0.1) is 24.0 Å². The standard InChI is InChI=1S/C17H28N4O2.HI/c1-12(2)16(22)19-10-5-11-20-17(18)21-14-6-8-15(9-7-14)23-13(3)4;/h6-9,12-13H,5,10-11H2,1-4H3,(H,19,22)(H3,18,20,21);1H. The highest BCUT2D eigenvalue weighted by molar-refractivity contribution is 14.0. The Kier molecular flexibility index (Phi) is 11.2. The van der Waals surface area contributed by atoms with E-state index in [1.807, 2.05) is 52.0 Å². The van der Waals surface area contributed by atoms with Crippen molar-refractivity contribution in [3.8, 4) is 5.75 Å². The second kappa shape index (κ2) is 11.9. The van der Waals surface area contributed by atoms with Crippen LogP contribution < -0.4 is 21.1 Å². The van der Waals surface area contributed by atoms with Crippen LogP contribution in [0.1, 0.15) is 34.1 Å². The SMILES string of the molecule is CC(C)Oc1ccc(NC(N)=NCCCNC(=O)C(C)C)cc1.I. The van der Waals surface area contributed by atoms with E-state index in [1.54, 1.807) is 0 Å². The van der Waals surface area contributed by atoms with E-state index in [2.05, 4.69) is 15.6 Å². The van der Waals surface area contributed by atoms with E-state index in [1.165, 1.54) is 0 Å². The molecule has 0 atom stereocenters. The smallest absolute Gasteiger partial charge is 0.222 e. The van der Waals surface area contributed by atoms with Gasteiger partial charge in [0.25, 0.3) is 0 Å². The molecular formula is C17H29IN4O2. The lowest BCUT2D eigenvalue weighted by atomic mass is 10.2. The number of nitrogens with one attached hydrogen (secondary N) is 2. The summed E-state index contributed by atoms with van der Waals surface area (Å²) in [5, 5.41) is 5.87. The van der Waals surface area contributed by atoms with Gasteiger partial charge in [-0.05, 0) is 44.5 Å². The van der Waals surface area contributed by atoms with Crippen LogP contribution in [0.25, 0.3) is 0 Å². The molecular weight excluding hydrogens is 419 g/mol. The Hall–Kier alpha value is -1.51. The van der Waals surface area contributed by atoms with Crippen molar-refractivity contribution in [2.24, 2.45) is 16.6 Å². The highest BCUT2D eigenvalue weighted by atomic mass is 127. The summed E-state index contributed by atoms with van der Waals surface area (Å²) in [7, 11) is 0. The molecule has 6 nitrogen and oxygen atoms in total. The topological polar surface area (TPSA) is 88.7 Å². The molecule has 1 rings (SSSR count). The van der Waals surface area contributed by atoms with Crippen molar-refractivity contribution in [3.63, 3.8) is 0 Å². The molecule has 24 heavy (non-hydrogen) atoms. The highest BCUT2D eigenvalue weighted by Crippen LogP contribution is 2.16. The van der Waals surface area contributed by atoms with E-state index in [-0.39, 0.29) is 41.9 Å². The molecule has 0 aliphatic rings. The number of carbonyl (C=O) groups is 1. The maximum absolute atomic E-state index is 11.4. The summed E-state index contributed by atoms with van der Waals surface area (Å²) >= 11 is 0. The van der Waals surface area contributed by atoms with Crippen LogP contribution in [0.5, 0.6) is 5.75 Å². The lowest BCUT2D eigenvalue weighted by molar-refractivity contribution is -0.123. The first-order valence-corrected chi connectivity index (χ1v) is 8.00. The van der Waals surface area contributed by atoms with Gasteiger partial charge in [-0.2, -0.15) is 0 Å². The number of ether oxygens (including phenoxy) is 1. The predicted octanol–water partition coefficient (Wildman–Crippen LogP) is 2.98. The zero-order chi connectivity index (χ0) is 17.2. The van der Waals surface area contributed by atoms with Gasteiger partial charge in [-0.1, -0.05) is 13.8 Å². The number of carbonyl (C=O) groups excluding carboxylic acids is 1. The summed E-state index contributed by atoms with van der Waals surface area (Å²) in [5.41, 5.74) is 6.69. The van der Waals surface area contributed by atoms with E-state index in [4.69, 9.17) is 10.5 Å². The fourth-order valence-corrected chi connectivity index (χ4v) is 1.77. The number of benzene rings is 1. The molecule has 0 heterocycles. The third-order valence-corrected chi connectivity index (χ3v) is 2.94. The summed E-state index contributed by atoms with van der Waals surface area (Å²) in [6, 6.07) is 7.56. The molecule has 4 N–H and O–H groups in total. The van der Waals surface area contributed by atoms with Crippen LogP contribution in [0.15, 0.2) is 29.3 Å². The van der Waals surface area contributed by atoms with Crippen molar-refractivity contribution >= 4 is 41.5 Å². The third kappa shape index (κ3) is 9.59. The van der Waals surface area contributed by atoms with Crippen molar-refractivity contribution in [1.82, 2.24) is 5.32 Å². The molecule has 0 saturated carbocycles. The summed E-state index contributed by atoms with van der Waals surface area (Å²) in [6.45, 7) is 8.88. The molecule has 1 aromatic rings. The van der Waals surface area contributed by atoms with Crippen LogP contribution in [-0.2, 0) is 4.79 Å². The number of aliphatic imine (C=N–C) groups is 1. The Balaban J connectivity index is 0.00000529. The molecule has 0 radical (unpaired) electrons. The Morgan fingerprint density at radius 1 is 1.21 bits per heavy atom. The molecule has 7 heteroatoms. The van der Waals surface area contributed by atoms with E-state index in [9.17, 15) is 4.79 Å². The first kappa shape index (κ1) is 22.5. The molecule has 0 spiro atoms. The van der Waals surface area contributed by atoms with E-state index in [0.29, 0.717) is 19.0 Å². The molecule has 0 saturated heterocycles. The van der Waals surface area contributed by atoms with Crippen molar-refractivity contribution < 1.29 is 9.53 Å². The van der Waals surface area contributed by atoms with Gasteiger partial charge < -0.3 is 21.1 Å². The lowest BCUT2D eigenvalue weighted by Crippen LogP contribution is -2.29. The van der Waals surface area contributed by atoms with Gasteiger partial charge in [0, 0.05) is 24.7 Å². The van der Waals surface area contributed by atoms with Crippen molar-refractivity contribution in [2.75, 3.05) is 18.4 Å². The first-order chi connectivity index (χ1) is 10.9. The Morgan fingerprint density at radius 2 is 1.83 bits per heavy atom. The molecule has 0 aliphatic carbocycles. The molecule has 0 bridgehead atoms. The number of rotatable bonds is 8. The van der Waals surface area contributed by atoms with Crippen LogP contribution in [0.2, 0.25) is 0 Å². The Labute approximate surface area is 161 Å². The third-order valence-electron chi connectivity index (χ3n) is 2.94. The molecule has 136 valence electrons.